The van der Waals surface area contributed by atoms with Crippen LogP contribution in [0.25, 0.3) is 0 Å². The summed E-state index contributed by atoms with van der Waals surface area (Å²) in [5.41, 5.74) is 0.114. The predicted molar refractivity (Wildman–Crippen MR) is 81.0 cm³/mol. The van der Waals surface area contributed by atoms with Crippen LogP contribution in [-0.4, -0.2) is 40.7 Å². The summed E-state index contributed by atoms with van der Waals surface area (Å²) in [5, 5.41) is 8.13. The van der Waals surface area contributed by atoms with Gasteiger partial charge in [0, 0.05) is 13.2 Å². The molecule has 1 N–H and O–H groups in total. The first-order valence-corrected chi connectivity index (χ1v) is 7.56. The minimum atomic E-state index is -0.898. The molecule has 2 rings (SSSR count). The highest BCUT2D eigenvalue weighted by molar-refractivity contribution is 6.33. The normalized spacial score (nSPS) is 26.9. The van der Waals surface area contributed by atoms with Crippen molar-refractivity contribution in [1.29, 1.82) is 0 Å². The van der Waals surface area contributed by atoms with Crippen LogP contribution in [0.15, 0.2) is 30.3 Å². The quantitative estimate of drug-likeness (QED) is 0.647. The van der Waals surface area contributed by atoms with Gasteiger partial charge in [-0.2, -0.15) is 0 Å². The molecule has 1 unspecified atom stereocenters. The molecule has 0 bridgehead atoms. The molecule has 1 saturated heterocycles. The number of likely N-dealkylation sites (tertiary alicyclic amines) is 1. The van der Waals surface area contributed by atoms with Crippen LogP contribution in [0.1, 0.15) is 31.4 Å². The number of halogens is 1. The molecule has 1 amide bonds. The van der Waals surface area contributed by atoms with Gasteiger partial charge in [0.15, 0.2) is 0 Å². The Hall–Kier alpha value is -1.39. The third-order valence-electron chi connectivity index (χ3n) is 4.25. The fourth-order valence-corrected chi connectivity index (χ4v) is 3.23. The number of carbonyl (C=O) groups excluding carboxylic acids is 2. The van der Waals surface area contributed by atoms with Gasteiger partial charge in [-0.15, -0.1) is 11.6 Å². The van der Waals surface area contributed by atoms with E-state index in [1.807, 2.05) is 37.3 Å². The molecule has 3 atom stereocenters. The molecule has 1 aromatic rings. The number of alkyl halides is 1. The first-order valence-electron chi connectivity index (χ1n) is 7.12. The maximum Gasteiger partial charge on any atom is 0.242 e. The zero-order chi connectivity index (χ0) is 15.5. The Labute approximate surface area is 129 Å². The van der Waals surface area contributed by atoms with Crippen LogP contribution >= 0.6 is 11.6 Å². The van der Waals surface area contributed by atoms with E-state index >= 15 is 0 Å². The number of rotatable bonds is 6. The van der Waals surface area contributed by atoms with Gasteiger partial charge >= 0.3 is 0 Å². The fourth-order valence-electron chi connectivity index (χ4n) is 2.88. The van der Waals surface area contributed by atoms with E-state index in [0.29, 0.717) is 19.4 Å². The van der Waals surface area contributed by atoms with Gasteiger partial charge in [-0.25, -0.2) is 0 Å². The Balaban J connectivity index is 2.23. The summed E-state index contributed by atoms with van der Waals surface area (Å²) in [5.74, 6) is -0.210. The first kappa shape index (κ1) is 16.0. The Kier molecular flexibility index (Phi) is 5.01. The van der Waals surface area contributed by atoms with E-state index in [4.69, 9.17) is 16.7 Å². The van der Waals surface area contributed by atoms with Crippen molar-refractivity contribution in [1.82, 2.24) is 4.90 Å². The minimum absolute atomic E-state index is 0.0123. The van der Waals surface area contributed by atoms with Crippen LogP contribution in [-0.2, 0) is 9.59 Å². The van der Waals surface area contributed by atoms with Crippen molar-refractivity contribution < 1.29 is 14.7 Å². The Morgan fingerprint density at radius 1 is 1.48 bits per heavy atom. The lowest BCUT2D eigenvalue weighted by Crippen LogP contribution is -2.34. The van der Waals surface area contributed by atoms with Gasteiger partial charge in [0.25, 0.3) is 0 Å². The number of aliphatic hydroxyl groups is 1. The SMILES string of the molecule is C[C@H](c1ccccc1)N1C[C@](C=O)(CCCO)C(Cl)C1=O. The maximum atomic E-state index is 12.4. The van der Waals surface area contributed by atoms with Crippen molar-refractivity contribution in [3.05, 3.63) is 35.9 Å². The van der Waals surface area contributed by atoms with E-state index < -0.39 is 10.8 Å². The van der Waals surface area contributed by atoms with Crippen LogP contribution in [0.4, 0.5) is 0 Å². The molecule has 5 heteroatoms. The summed E-state index contributed by atoms with van der Waals surface area (Å²) in [6, 6.07) is 9.54. The molecule has 114 valence electrons. The lowest BCUT2D eigenvalue weighted by Gasteiger charge is -2.27. The second-order valence-corrected chi connectivity index (χ2v) is 6.03. The zero-order valence-corrected chi connectivity index (χ0v) is 12.8. The number of hydrogen-bond acceptors (Lipinski definition) is 3. The van der Waals surface area contributed by atoms with Gasteiger partial charge in [-0.05, 0) is 25.3 Å². The maximum absolute atomic E-state index is 12.4. The van der Waals surface area contributed by atoms with Crippen LogP contribution in [0.2, 0.25) is 0 Å². The highest BCUT2D eigenvalue weighted by atomic mass is 35.5. The monoisotopic (exact) mass is 309 g/mol. The van der Waals surface area contributed by atoms with Crippen LogP contribution in [0, 0.1) is 5.41 Å². The van der Waals surface area contributed by atoms with Gasteiger partial charge in [-0.1, -0.05) is 30.3 Å². The van der Waals surface area contributed by atoms with Crippen molar-refractivity contribution >= 4 is 23.8 Å². The minimum Gasteiger partial charge on any atom is -0.396 e. The fraction of sp³-hybridized carbons (Fsp3) is 0.500. The summed E-state index contributed by atoms with van der Waals surface area (Å²) >= 11 is 6.24. The number of amides is 1. The molecule has 1 aromatic carbocycles. The van der Waals surface area contributed by atoms with Crippen molar-refractivity contribution in [2.24, 2.45) is 5.41 Å². The zero-order valence-electron chi connectivity index (χ0n) is 12.0. The van der Waals surface area contributed by atoms with E-state index in [2.05, 4.69) is 0 Å². The summed E-state index contributed by atoms with van der Waals surface area (Å²) in [6.07, 6.45) is 1.67. The second kappa shape index (κ2) is 6.58. The average molecular weight is 310 g/mol. The number of nitrogens with zero attached hydrogens (tertiary/aromatic N) is 1. The highest BCUT2D eigenvalue weighted by Crippen LogP contribution is 2.41. The van der Waals surface area contributed by atoms with E-state index in [9.17, 15) is 9.59 Å². The molecular formula is C16H20ClNO3. The highest BCUT2D eigenvalue weighted by Gasteiger charge is 2.52. The van der Waals surface area contributed by atoms with Crippen molar-refractivity contribution in [3.8, 4) is 0 Å². The molecule has 1 aliphatic rings. The number of hydrogen-bond donors (Lipinski definition) is 1. The van der Waals surface area contributed by atoms with Crippen molar-refractivity contribution in [2.75, 3.05) is 13.2 Å². The first-order chi connectivity index (χ1) is 10.1. The smallest absolute Gasteiger partial charge is 0.242 e. The molecule has 1 aliphatic heterocycles. The Morgan fingerprint density at radius 3 is 2.71 bits per heavy atom. The third-order valence-corrected chi connectivity index (χ3v) is 4.88. The van der Waals surface area contributed by atoms with Crippen LogP contribution in [0.3, 0.4) is 0 Å². The molecular weight excluding hydrogens is 290 g/mol. The van der Waals surface area contributed by atoms with Gasteiger partial charge in [0.05, 0.1) is 11.5 Å². The van der Waals surface area contributed by atoms with E-state index in [1.165, 1.54) is 0 Å². The summed E-state index contributed by atoms with van der Waals surface area (Å²) < 4.78 is 0. The Bertz CT molecular complexity index is 508. The molecule has 0 spiro atoms. The summed E-state index contributed by atoms with van der Waals surface area (Å²) in [4.78, 5) is 25.6. The largest absolute Gasteiger partial charge is 0.396 e. The van der Waals surface area contributed by atoms with E-state index in [-0.39, 0.29) is 18.6 Å². The molecule has 0 aromatic heterocycles. The topological polar surface area (TPSA) is 57.6 Å². The summed E-state index contributed by atoms with van der Waals surface area (Å²) in [7, 11) is 0. The molecule has 1 heterocycles. The van der Waals surface area contributed by atoms with Gasteiger partial charge in [0.1, 0.15) is 11.7 Å². The number of benzene rings is 1. The van der Waals surface area contributed by atoms with Gasteiger partial charge in [0.2, 0.25) is 5.91 Å². The number of aldehydes is 1. The van der Waals surface area contributed by atoms with E-state index in [1.54, 1.807) is 4.90 Å². The molecule has 0 radical (unpaired) electrons. The predicted octanol–water partition coefficient (Wildman–Crippen LogP) is 2.16. The van der Waals surface area contributed by atoms with Gasteiger partial charge in [-0.3, -0.25) is 4.79 Å². The summed E-state index contributed by atoms with van der Waals surface area (Å²) in [6.45, 7) is 2.23. The molecule has 1 fully saturated rings. The van der Waals surface area contributed by atoms with Crippen molar-refractivity contribution in [3.63, 3.8) is 0 Å². The number of carbonyl (C=O) groups is 2. The molecule has 21 heavy (non-hydrogen) atoms. The molecule has 4 nitrogen and oxygen atoms in total. The molecule has 0 aliphatic carbocycles. The lowest BCUT2D eigenvalue weighted by molar-refractivity contribution is -0.129. The third kappa shape index (κ3) is 2.97. The van der Waals surface area contributed by atoms with Crippen molar-refractivity contribution in [2.45, 2.75) is 31.2 Å². The standard InChI is InChI=1S/C16H20ClNO3/c1-12(13-6-3-2-4-7-13)18-10-16(11-20,8-5-9-19)14(17)15(18)21/h2-4,6-7,11-12,14,19H,5,8-10H2,1H3/t12-,14?,16+/m1/s1. The molecule has 0 saturated carbocycles. The Morgan fingerprint density at radius 2 is 2.14 bits per heavy atom. The average Bonchev–Trinajstić information content (AvgIpc) is 2.78. The van der Waals surface area contributed by atoms with Crippen LogP contribution < -0.4 is 0 Å². The lowest BCUT2D eigenvalue weighted by atomic mass is 9.83. The second-order valence-electron chi connectivity index (χ2n) is 5.59. The number of aliphatic hydroxyl groups excluding tert-OH is 1. The van der Waals surface area contributed by atoms with Crippen LogP contribution in [0.5, 0.6) is 0 Å². The van der Waals surface area contributed by atoms with E-state index in [0.717, 1.165) is 11.8 Å². The van der Waals surface area contributed by atoms with Gasteiger partial charge < -0.3 is 14.8 Å².